The monoisotopic (exact) mass is 234 g/mol. The molecular formula is C14H22N2O. The van der Waals surface area contributed by atoms with Crippen molar-refractivity contribution >= 4 is 0 Å². The van der Waals surface area contributed by atoms with E-state index in [1.54, 1.807) is 7.11 Å². The van der Waals surface area contributed by atoms with Gasteiger partial charge in [-0.25, -0.2) is 0 Å². The first-order valence-corrected chi connectivity index (χ1v) is 6.22. The second kappa shape index (κ2) is 5.07. The molecule has 3 heteroatoms. The number of likely N-dealkylation sites (N-methyl/N-ethyl adjacent to an activating group) is 1. The summed E-state index contributed by atoms with van der Waals surface area (Å²) in [6.07, 6.45) is 3.18. The van der Waals surface area contributed by atoms with E-state index < -0.39 is 0 Å². The van der Waals surface area contributed by atoms with Gasteiger partial charge >= 0.3 is 0 Å². The zero-order valence-corrected chi connectivity index (χ0v) is 10.8. The van der Waals surface area contributed by atoms with Crippen molar-refractivity contribution in [2.45, 2.75) is 24.8 Å². The van der Waals surface area contributed by atoms with Crippen LogP contribution in [0.1, 0.15) is 18.4 Å². The SMILES string of the molecule is COc1cccc(CCC2(N)CCN(C)C2)c1. The van der Waals surface area contributed by atoms with Gasteiger partial charge in [-0.15, -0.1) is 0 Å². The van der Waals surface area contributed by atoms with Crippen LogP contribution in [0.25, 0.3) is 0 Å². The maximum atomic E-state index is 6.39. The smallest absolute Gasteiger partial charge is 0.119 e. The quantitative estimate of drug-likeness (QED) is 0.861. The Morgan fingerprint density at radius 1 is 1.47 bits per heavy atom. The summed E-state index contributed by atoms with van der Waals surface area (Å²) < 4.78 is 5.23. The standard InChI is InChI=1S/C14H22N2O/c1-16-9-8-14(15,11-16)7-6-12-4-3-5-13(10-12)17-2/h3-5,10H,6-9,11,15H2,1-2H3. The molecule has 1 aliphatic heterocycles. The molecule has 1 atom stereocenters. The molecule has 1 heterocycles. The molecule has 1 aromatic carbocycles. The molecule has 0 aliphatic carbocycles. The minimum absolute atomic E-state index is 0.00216. The number of ether oxygens (including phenoxy) is 1. The van der Waals surface area contributed by atoms with Crippen LogP contribution < -0.4 is 10.5 Å². The number of likely N-dealkylation sites (tertiary alicyclic amines) is 1. The van der Waals surface area contributed by atoms with Crippen LogP contribution in [0.15, 0.2) is 24.3 Å². The Morgan fingerprint density at radius 3 is 2.94 bits per heavy atom. The van der Waals surface area contributed by atoms with E-state index in [0.29, 0.717) is 0 Å². The fraction of sp³-hybridized carbons (Fsp3) is 0.571. The third kappa shape index (κ3) is 3.20. The van der Waals surface area contributed by atoms with Crippen molar-refractivity contribution in [2.75, 3.05) is 27.2 Å². The zero-order valence-electron chi connectivity index (χ0n) is 10.8. The number of rotatable bonds is 4. The van der Waals surface area contributed by atoms with Crippen molar-refractivity contribution in [3.8, 4) is 5.75 Å². The Bertz CT molecular complexity index is 380. The van der Waals surface area contributed by atoms with Gasteiger partial charge in [0.25, 0.3) is 0 Å². The van der Waals surface area contributed by atoms with Crippen LogP contribution in [0, 0.1) is 0 Å². The largest absolute Gasteiger partial charge is 0.497 e. The van der Waals surface area contributed by atoms with E-state index in [0.717, 1.165) is 38.1 Å². The second-order valence-electron chi connectivity index (χ2n) is 5.20. The van der Waals surface area contributed by atoms with Crippen LogP contribution in [-0.4, -0.2) is 37.7 Å². The summed E-state index contributed by atoms with van der Waals surface area (Å²) in [5, 5.41) is 0. The number of aryl methyl sites for hydroxylation is 1. The highest BCUT2D eigenvalue weighted by Crippen LogP contribution is 2.23. The number of hydrogen-bond donors (Lipinski definition) is 1. The molecule has 0 aromatic heterocycles. The van der Waals surface area contributed by atoms with Crippen LogP contribution in [0.2, 0.25) is 0 Å². The molecule has 1 saturated heterocycles. The van der Waals surface area contributed by atoms with Crippen molar-refractivity contribution in [2.24, 2.45) is 5.73 Å². The summed E-state index contributed by atoms with van der Waals surface area (Å²) in [6.45, 7) is 2.13. The van der Waals surface area contributed by atoms with E-state index in [9.17, 15) is 0 Å². The van der Waals surface area contributed by atoms with Crippen molar-refractivity contribution in [3.05, 3.63) is 29.8 Å². The molecular weight excluding hydrogens is 212 g/mol. The fourth-order valence-corrected chi connectivity index (χ4v) is 2.53. The zero-order chi connectivity index (χ0) is 12.3. The lowest BCUT2D eigenvalue weighted by molar-refractivity contribution is 0.354. The van der Waals surface area contributed by atoms with E-state index >= 15 is 0 Å². The Labute approximate surface area is 104 Å². The fourth-order valence-electron chi connectivity index (χ4n) is 2.53. The molecule has 1 aliphatic rings. The summed E-state index contributed by atoms with van der Waals surface area (Å²) in [4.78, 5) is 2.31. The average molecular weight is 234 g/mol. The van der Waals surface area contributed by atoms with Gasteiger partial charge in [-0.1, -0.05) is 12.1 Å². The maximum Gasteiger partial charge on any atom is 0.119 e. The Balaban J connectivity index is 1.93. The van der Waals surface area contributed by atoms with Gasteiger partial charge in [0.2, 0.25) is 0 Å². The third-order valence-electron chi connectivity index (χ3n) is 3.62. The minimum Gasteiger partial charge on any atom is -0.497 e. The van der Waals surface area contributed by atoms with Gasteiger partial charge in [-0.2, -0.15) is 0 Å². The molecule has 0 spiro atoms. The van der Waals surface area contributed by atoms with Gasteiger partial charge in [-0.05, 0) is 50.6 Å². The third-order valence-corrected chi connectivity index (χ3v) is 3.62. The first-order chi connectivity index (χ1) is 8.11. The van der Waals surface area contributed by atoms with Crippen LogP contribution in [0.3, 0.4) is 0 Å². The van der Waals surface area contributed by atoms with E-state index in [4.69, 9.17) is 10.5 Å². The first-order valence-electron chi connectivity index (χ1n) is 6.22. The minimum atomic E-state index is -0.00216. The predicted octanol–water partition coefficient (Wildman–Crippen LogP) is 1.66. The van der Waals surface area contributed by atoms with Gasteiger partial charge in [0, 0.05) is 12.1 Å². The summed E-state index contributed by atoms with van der Waals surface area (Å²) in [7, 11) is 3.84. The number of benzene rings is 1. The van der Waals surface area contributed by atoms with Crippen molar-refractivity contribution in [3.63, 3.8) is 0 Å². The highest BCUT2D eigenvalue weighted by molar-refractivity contribution is 5.28. The highest BCUT2D eigenvalue weighted by atomic mass is 16.5. The van der Waals surface area contributed by atoms with E-state index in [1.807, 2.05) is 12.1 Å². The summed E-state index contributed by atoms with van der Waals surface area (Å²) in [5.41, 5.74) is 7.70. The average Bonchev–Trinajstić information content (AvgIpc) is 2.68. The molecule has 0 radical (unpaired) electrons. The van der Waals surface area contributed by atoms with Gasteiger partial charge < -0.3 is 15.4 Å². The molecule has 17 heavy (non-hydrogen) atoms. The molecule has 1 aromatic rings. The first kappa shape index (κ1) is 12.4. The lowest BCUT2D eigenvalue weighted by Gasteiger charge is -2.23. The molecule has 2 rings (SSSR count). The van der Waals surface area contributed by atoms with Crippen molar-refractivity contribution in [1.29, 1.82) is 0 Å². The van der Waals surface area contributed by atoms with E-state index in [1.165, 1.54) is 5.56 Å². The summed E-state index contributed by atoms with van der Waals surface area (Å²) in [6, 6.07) is 8.26. The Morgan fingerprint density at radius 2 is 2.29 bits per heavy atom. The van der Waals surface area contributed by atoms with E-state index in [2.05, 4.69) is 24.1 Å². The topological polar surface area (TPSA) is 38.5 Å². The number of nitrogens with two attached hydrogens (primary N) is 1. The molecule has 2 N–H and O–H groups in total. The van der Waals surface area contributed by atoms with Crippen molar-refractivity contribution < 1.29 is 4.74 Å². The number of hydrogen-bond acceptors (Lipinski definition) is 3. The lowest BCUT2D eigenvalue weighted by Crippen LogP contribution is -2.42. The lowest BCUT2D eigenvalue weighted by atomic mass is 9.91. The van der Waals surface area contributed by atoms with Crippen molar-refractivity contribution in [1.82, 2.24) is 4.90 Å². The highest BCUT2D eigenvalue weighted by Gasteiger charge is 2.31. The second-order valence-corrected chi connectivity index (χ2v) is 5.20. The predicted molar refractivity (Wildman–Crippen MR) is 70.3 cm³/mol. The molecule has 0 amide bonds. The van der Waals surface area contributed by atoms with Crippen LogP contribution in [0.5, 0.6) is 5.75 Å². The van der Waals surface area contributed by atoms with Crippen LogP contribution >= 0.6 is 0 Å². The molecule has 94 valence electrons. The van der Waals surface area contributed by atoms with Crippen LogP contribution in [-0.2, 0) is 6.42 Å². The Kier molecular flexibility index (Phi) is 3.69. The normalized spacial score (nSPS) is 25.1. The van der Waals surface area contributed by atoms with Crippen LogP contribution in [0.4, 0.5) is 0 Å². The Hall–Kier alpha value is -1.06. The van der Waals surface area contributed by atoms with Gasteiger partial charge in [0.1, 0.15) is 5.75 Å². The molecule has 1 unspecified atom stereocenters. The molecule has 0 saturated carbocycles. The van der Waals surface area contributed by atoms with Gasteiger partial charge in [0.05, 0.1) is 7.11 Å². The molecule has 3 nitrogen and oxygen atoms in total. The number of methoxy groups -OCH3 is 1. The van der Waals surface area contributed by atoms with Gasteiger partial charge in [-0.3, -0.25) is 0 Å². The number of nitrogens with zero attached hydrogens (tertiary/aromatic N) is 1. The maximum absolute atomic E-state index is 6.39. The van der Waals surface area contributed by atoms with E-state index in [-0.39, 0.29) is 5.54 Å². The summed E-state index contributed by atoms with van der Waals surface area (Å²) in [5.74, 6) is 0.928. The summed E-state index contributed by atoms with van der Waals surface area (Å²) >= 11 is 0. The molecule has 1 fully saturated rings. The van der Waals surface area contributed by atoms with Gasteiger partial charge in [0.15, 0.2) is 0 Å². The molecule has 0 bridgehead atoms.